The Morgan fingerprint density at radius 3 is 2.28 bits per heavy atom. The molecule has 2 unspecified atom stereocenters. The van der Waals surface area contributed by atoms with E-state index < -0.39 is 0 Å². The summed E-state index contributed by atoms with van der Waals surface area (Å²) in [5.74, 6) is 1.76. The van der Waals surface area contributed by atoms with Gasteiger partial charge in [0.05, 0.1) is 0 Å². The van der Waals surface area contributed by atoms with Crippen molar-refractivity contribution in [3.63, 3.8) is 0 Å². The van der Waals surface area contributed by atoms with E-state index in [0.29, 0.717) is 0 Å². The van der Waals surface area contributed by atoms with Gasteiger partial charge >= 0.3 is 0 Å². The molecule has 1 saturated carbocycles. The standard InChI is InChI=1S/C16H34N2/c1-5-14(4)12-18(7-3)13-16(17-6-2)15-10-8-9-11-15/h14-17H,5-13H2,1-4H3. The van der Waals surface area contributed by atoms with E-state index in [2.05, 4.69) is 37.9 Å². The lowest BCUT2D eigenvalue weighted by Gasteiger charge is -2.32. The fourth-order valence-electron chi connectivity index (χ4n) is 3.18. The highest BCUT2D eigenvalue weighted by Crippen LogP contribution is 2.28. The predicted molar refractivity (Wildman–Crippen MR) is 81.0 cm³/mol. The molecule has 0 amide bonds. The van der Waals surface area contributed by atoms with E-state index in [1.807, 2.05) is 0 Å². The number of hydrogen-bond donors (Lipinski definition) is 1. The van der Waals surface area contributed by atoms with E-state index >= 15 is 0 Å². The van der Waals surface area contributed by atoms with Gasteiger partial charge in [0.1, 0.15) is 0 Å². The molecule has 0 aromatic heterocycles. The van der Waals surface area contributed by atoms with Crippen LogP contribution >= 0.6 is 0 Å². The normalized spacial score (nSPS) is 20.5. The van der Waals surface area contributed by atoms with Crippen molar-refractivity contribution < 1.29 is 0 Å². The molecule has 0 bridgehead atoms. The molecule has 0 heterocycles. The average Bonchev–Trinajstić information content (AvgIpc) is 2.90. The zero-order valence-corrected chi connectivity index (χ0v) is 13.0. The van der Waals surface area contributed by atoms with Gasteiger partial charge in [-0.25, -0.2) is 0 Å². The van der Waals surface area contributed by atoms with E-state index in [4.69, 9.17) is 0 Å². The maximum absolute atomic E-state index is 3.74. The van der Waals surface area contributed by atoms with Gasteiger partial charge in [-0.05, 0) is 37.8 Å². The number of rotatable bonds is 9. The number of likely N-dealkylation sites (N-methyl/N-ethyl adjacent to an activating group) is 2. The third-order valence-corrected chi connectivity index (χ3v) is 4.60. The summed E-state index contributed by atoms with van der Waals surface area (Å²) in [7, 11) is 0. The van der Waals surface area contributed by atoms with E-state index in [0.717, 1.165) is 24.4 Å². The van der Waals surface area contributed by atoms with Crippen LogP contribution in [0.4, 0.5) is 0 Å². The first kappa shape index (κ1) is 16.0. The molecule has 2 nitrogen and oxygen atoms in total. The fourth-order valence-corrected chi connectivity index (χ4v) is 3.18. The Kier molecular flexibility index (Phi) is 7.92. The SMILES string of the molecule is CCNC(CN(CC)CC(C)CC)C1CCCC1. The van der Waals surface area contributed by atoms with Crippen molar-refractivity contribution in [2.75, 3.05) is 26.2 Å². The first-order valence-electron chi connectivity index (χ1n) is 8.16. The minimum atomic E-state index is 0.724. The Hall–Kier alpha value is -0.0800. The molecule has 0 radical (unpaired) electrons. The van der Waals surface area contributed by atoms with Crippen molar-refractivity contribution in [2.24, 2.45) is 11.8 Å². The summed E-state index contributed by atoms with van der Waals surface area (Å²) < 4.78 is 0. The summed E-state index contributed by atoms with van der Waals surface area (Å²) in [6, 6.07) is 0.724. The summed E-state index contributed by atoms with van der Waals surface area (Å²) in [6.45, 7) is 14.0. The van der Waals surface area contributed by atoms with E-state index in [1.165, 1.54) is 51.7 Å². The van der Waals surface area contributed by atoms with Crippen molar-refractivity contribution >= 4 is 0 Å². The monoisotopic (exact) mass is 254 g/mol. The quantitative estimate of drug-likeness (QED) is 0.677. The Morgan fingerprint density at radius 2 is 1.78 bits per heavy atom. The van der Waals surface area contributed by atoms with Gasteiger partial charge in [0.25, 0.3) is 0 Å². The van der Waals surface area contributed by atoms with Crippen molar-refractivity contribution in [3.05, 3.63) is 0 Å². The fraction of sp³-hybridized carbons (Fsp3) is 1.00. The molecule has 1 fully saturated rings. The summed E-state index contributed by atoms with van der Waals surface area (Å²) >= 11 is 0. The van der Waals surface area contributed by atoms with Crippen LogP contribution in [0, 0.1) is 11.8 Å². The van der Waals surface area contributed by atoms with Crippen LogP contribution < -0.4 is 5.32 Å². The third-order valence-electron chi connectivity index (χ3n) is 4.60. The van der Waals surface area contributed by atoms with Gasteiger partial charge in [-0.15, -0.1) is 0 Å². The molecular formula is C16H34N2. The maximum Gasteiger partial charge on any atom is 0.0223 e. The second-order valence-electron chi connectivity index (χ2n) is 6.07. The number of nitrogens with zero attached hydrogens (tertiary/aromatic N) is 1. The van der Waals surface area contributed by atoms with Crippen LogP contribution in [0.2, 0.25) is 0 Å². The van der Waals surface area contributed by atoms with Crippen LogP contribution in [-0.2, 0) is 0 Å². The molecule has 2 heteroatoms. The highest BCUT2D eigenvalue weighted by molar-refractivity contribution is 4.83. The van der Waals surface area contributed by atoms with Gasteiger partial charge in [0.2, 0.25) is 0 Å². The van der Waals surface area contributed by atoms with Crippen molar-refractivity contribution in [1.29, 1.82) is 0 Å². The van der Waals surface area contributed by atoms with E-state index in [-0.39, 0.29) is 0 Å². The molecule has 1 aliphatic carbocycles. The number of nitrogens with one attached hydrogen (secondary N) is 1. The lowest BCUT2D eigenvalue weighted by molar-refractivity contribution is 0.194. The maximum atomic E-state index is 3.74. The zero-order chi connectivity index (χ0) is 13.4. The molecule has 0 aliphatic heterocycles. The summed E-state index contributed by atoms with van der Waals surface area (Å²) in [4.78, 5) is 2.65. The van der Waals surface area contributed by atoms with Gasteiger partial charge in [-0.3, -0.25) is 0 Å². The van der Waals surface area contributed by atoms with Crippen molar-refractivity contribution in [2.45, 2.75) is 65.8 Å². The molecule has 0 spiro atoms. The summed E-state index contributed by atoms with van der Waals surface area (Å²) in [6.07, 6.45) is 7.08. The molecule has 1 aliphatic rings. The second kappa shape index (κ2) is 8.92. The van der Waals surface area contributed by atoms with E-state index in [9.17, 15) is 0 Å². The molecule has 1 N–H and O–H groups in total. The molecular weight excluding hydrogens is 220 g/mol. The zero-order valence-electron chi connectivity index (χ0n) is 13.0. The van der Waals surface area contributed by atoms with Crippen LogP contribution in [0.1, 0.15) is 59.8 Å². The predicted octanol–water partition coefficient (Wildman–Crippen LogP) is 3.52. The van der Waals surface area contributed by atoms with Crippen LogP contribution in [0.3, 0.4) is 0 Å². The molecule has 108 valence electrons. The first-order chi connectivity index (χ1) is 8.71. The summed E-state index contributed by atoms with van der Waals surface area (Å²) in [5, 5.41) is 3.74. The van der Waals surface area contributed by atoms with E-state index in [1.54, 1.807) is 0 Å². The second-order valence-corrected chi connectivity index (χ2v) is 6.07. The minimum Gasteiger partial charge on any atom is -0.313 e. The Labute approximate surface area is 115 Å². The Bertz CT molecular complexity index is 199. The van der Waals surface area contributed by atoms with Gasteiger partial charge in [-0.1, -0.05) is 47.0 Å². The lowest BCUT2D eigenvalue weighted by atomic mass is 9.97. The van der Waals surface area contributed by atoms with Crippen molar-refractivity contribution in [3.8, 4) is 0 Å². The van der Waals surface area contributed by atoms with Crippen molar-refractivity contribution in [1.82, 2.24) is 10.2 Å². The Balaban J connectivity index is 2.45. The highest BCUT2D eigenvalue weighted by Gasteiger charge is 2.25. The van der Waals surface area contributed by atoms with Crippen LogP contribution in [-0.4, -0.2) is 37.1 Å². The lowest BCUT2D eigenvalue weighted by Crippen LogP contribution is -2.46. The Morgan fingerprint density at radius 1 is 1.11 bits per heavy atom. The van der Waals surface area contributed by atoms with Gasteiger partial charge in [0.15, 0.2) is 0 Å². The summed E-state index contributed by atoms with van der Waals surface area (Å²) in [5.41, 5.74) is 0. The van der Waals surface area contributed by atoms with Crippen LogP contribution in [0.5, 0.6) is 0 Å². The van der Waals surface area contributed by atoms with Crippen LogP contribution in [0.15, 0.2) is 0 Å². The molecule has 0 aromatic rings. The molecule has 0 aromatic carbocycles. The largest absolute Gasteiger partial charge is 0.313 e. The number of hydrogen-bond acceptors (Lipinski definition) is 2. The van der Waals surface area contributed by atoms with Gasteiger partial charge in [0, 0.05) is 19.1 Å². The topological polar surface area (TPSA) is 15.3 Å². The highest BCUT2D eigenvalue weighted by atomic mass is 15.1. The first-order valence-corrected chi connectivity index (χ1v) is 8.16. The molecule has 1 rings (SSSR count). The van der Waals surface area contributed by atoms with Gasteiger partial charge in [-0.2, -0.15) is 0 Å². The third kappa shape index (κ3) is 5.27. The smallest absolute Gasteiger partial charge is 0.0223 e. The molecule has 0 saturated heterocycles. The molecule has 2 atom stereocenters. The van der Waals surface area contributed by atoms with Gasteiger partial charge < -0.3 is 10.2 Å². The van der Waals surface area contributed by atoms with Crippen LogP contribution in [0.25, 0.3) is 0 Å². The minimum absolute atomic E-state index is 0.724. The average molecular weight is 254 g/mol. The molecule has 18 heavy (non-hydrogen) atoms.